The van der Waals surface area contributed by atoms with E-state index in [0.717, 1.165) is 6.92 Å². The maximum Gasteiger partial charge on any atom is 0.334 e. The van der Waals surface area contributed by atoms with Crippen molar-refractivity contribution in [3.8, 4) is 0 Å². The Hall–Kier alpha value is -2.48. The second-order valence-electron chi connectivity index (χ2n) is 8.66. The zero-order valence-electron chi connectivity index (χ0n) is 18.0. The average molecular weight is 422 g/mol. The van der Waals surface area contributed by atoms with Crippen LogP contribution in [0.2, 0.25) is 0 Å². The number of carbonyl (C=O) groups excluding carboxylic acids is 4. The summed E-state index contributed by atoms with van der Waals surface area (Å²) in [4.78, 5) is 49.4. The number of rotatable bonds is 4. The van der Waals surface area contributed by atoms with Gasteiger partial charge in [-0.3, -0.25) is 14.4 Å². The average Bonchev–Trinajstić information content (AvgIpc) is 2.88. The number of carbonyl (C=O) groups is 4. The summed E-state index contributed by atoms with van der Waals surface area (Å²) in [5.41, 5.74) is -2.17. The second-order valence-corrected chi connectivity index (χ2v) is 8.66. The first-order chi connectivity index (χ1) is 13.8. The Bertz CT molecular complexity index is 763. The van der Waals surface area contributed by atoms with Gasteiger partial charge in [0.25, 0.3) is 0 Å². The van der Waals surface area contributed by atoms with Crippen molar-refractivity contribution in [2.24, 2.45) is 17.8 Å². The zero-order valence-corrected chi connectivity index (χ0v) is 18.0. The monoisotopic (exact) mass is 422 g/mol. The van der Waals surface area contributed by atoms with E-state index in [1.807, 2.05) is 20.8 Å². The SMILES string of the molecule is C=C1C(=O)O[C@@H]2C[C@@H](C)C=CC(=O)[C@@](C)(O)[C@H](OC(C)=O)[C@@H](OC(=O)CC(C)C)[C@@H]12. The Morgan fingerprint density at radius 2 is 1.97 bits per heavy atom. The molecular weight excluding hydrogens is 392 g/mol. The van der Waals surface area contributed by atoms with E-state index in [2.05, 4.69) is 6.58 Å². The lowest BCUT2D eigenvalue weighted by Gasteiger charge is -2.39. The molecule has 0 saturated carbocycles. The first-order valence-electron chi connectivity index (χ1n) is 10.1. The number of allylic oxidation sites excluding steroid dienone is 1. The molecule has 6 atom stereocenters. The second kappa shape index (κ2) is 9.12. The Balaban J connectivity index is 2.62. The summed E-state index contributed by atoms with van der Waals surface area (Å²) in [5, 5.41) is 11.1. The van der Waals surface area contributed by atoms with Gasteiger partial charge in [-0.1, -0.05) is 33.4 Å². The van der Waals surface area contributed by atoms with Crippen LogP contribution in [0.3, 0.4) is 0 Å². The van der Waals surface area contributed by atoms with Gasteiger partial charge in [0.1, 0.15) is 6.10 Å². The van der Waals surface area contributed by atoms with Crippen molar-refractivity contribution in [3.05, 3.63) is 24.3 Å². The number of aliphatic hydroxyl groups is 1. The lowest BCUT2D eigenvalue weighted by Crippen LogP contribution is -2.58. The van der Waals surface area contributed by atoms with Gasteiger partial charge in [0.2, 0.25) is 0 Å². The fourth-order valence-electron chi connectivity index (χ4n) is 3.79. The van der Waals surface area contributed by atoms with Crippen LogP contribution < -0.4 is 0 Å². The van der Waals surface area contributed by atoms with E-state index in [9.17, 15) is 24.3 Å². The third kappa shape index (κ3) is 5.16. The molecule has 1 aliphatic carbocycles. The smallest absolute Gasteiger partial charge is 0.334 e. The Kier molecular flexibility index (Phi) is 7.23. The van der Waals surface area contributed by atoms with Gasteiger partial charge < -0.3 is 19.3 Å². The molecule has 0 spiro atoms. The van der Waals surface area contributed by atoms with Crippen LogP contribution >= 0.6 is 0 Å². The molecule has 1 fully saturated rings. The molecule has 0 aromatic rings. The van der Waals surface area contributed by atoms with Gasteiger partial charge in [0.05, 0.1) is 5.92 Å². The summed E-state index contributed by atoms with van der Waals surface area (Å²) >= 11 is 0. The molecule has 2 rings (SSSR count). The number of ketones is 1. The molecule has 1 heterocycles. The minimum absolute atomic E-state index is 0.0187. The third-order valence-electron chi connectivity index (χ3n) is 5.34. The van der Waals surface area contributed by atoms with Crippen molar-refractivity contribution in [1.29, 1.82) is 0 Å². The van der Waals surface area contributed by atoms with Crippen molar-refractivity contribution in [2.45, 2.75) is 71.4 Å². The number of hydrogen-bond donors (Lipinski definition) is 1. The Labute approximate surface area is 176 Å². The number of hydrogen-bond acceptors (Lipinski definition) is 8. The highest BCUT2D eigenvalue weighted by atomic mass is 16.6. The van der Waals surface area contributed by atoms with E-state index in [1.54, 1.807) is 6.08 Å². The molecule has 0 amide bonds. The predicted octanol–water partition coefficient (Wildman–Crippen LogP) is 1.89. The van der Waals surface area contributed by atoms with E-state index in [0.29, 0.717) is 6.42 Å². The standard InChI is InChI=1S/C22H30O8/c1-11(2)9-17(25)30-19-18-13(4)21(26)29-15(18)10-12(3)7-8-16(24)22(6,27)20(19)28-14(5)23/h7-8,11-12,15,18-20,27H,4,9-10H2,1-3,5-6H3/t12-,15+,18-,19-,20+,22+/m0/s1. The van der Waals surface area contributed by atoms with E-state index >= 15 is 0 Å². The molecule has 30 heavy (non-hydrogen) atoms. The highest BCUT2D eigenvalue weighted by Gasteiger charge is 2.55. The van der Waals surface area contributed by atoms with Gasteiger partial charge in [-0.2, -0.15) is 0 Å². The topological polar surface area (TPSA) is 116 Å². The molecule has 2 aliphatic rings. The zero-order chi connectivity index (χ0) is 22.8. The molecule has 1 aliphatic heterocycles. The van der Waals surface area contributed by atoms with Crippen molar-refractivity contribution in [1.82, 2.24) is 0 Å². The highest BCUT2D eigenvalue weighted by Crippen LogP contribution is 2.40. The van der Waals surface area contributed by atoms with Gasteiger partial charge in [0.15, 0.2) is 23.6 Å². The molecule has 0 bridgehead atoms. The Morgan fingerprint density at radius 1 is 1.33 bits per heavy atom. The largest absolute Gasteiger partial charge is 0.458 e. The van der Waals surface area contributed by atoms with E-state index < -0.39 is 53.5 Å². The molecule has 1 saturated heterocycles. The molecule has 8 nitrogen and oxygen atoms in total. The van der Waals surface area contributed by atoms with Crippen LogP contribution in [0.1, 0.15) is 47.5 Å². The van der Waals surface area contributed by atoms with Crippen LogP contribution in [0.4, 0.5) is 0 Å². The maximum absolute atomic E-state index is 12.7. The van der Waals surface area contributed by atoms with Crippen LogP contribution in [0, 0.1) is 17.8 Å². The van der Waals surface area contributed by atoms with E-state index in [4.69, 9.17) is 14.2 Å². The van der Waals surface area contributed by atoms with Crippen LogP contribution in [-0.2, 0) is 33.4 Å². The summed E-state index contributed by atoms with van der Waals surface area (Å²) in [5.74, 6) is -3.83. The number of esters is 3. The van der Waals surface area contributed by atoms with E-state index in [-0.39, 0.29) is 23.8 Å². The normalized spacial score (nSPS) is 34.4. The molecule has 166 valence electrons. The van der Waals surface area contributed by atoms with Gasteiger partial charge in [-0.25, -0.2) is 4.79 Å². The predicted molar refractivity (Wildman–Crippen MR) is 106 cm³/mol. The van der Waals surface area contributed by atoms with Crippen LogP contribution in [-0.4, -0.2) is 52.7 Å². The minimum atomic E-state index is -2.21. The van der Waals surface area contributed by atoms with Crippen molar-refractivity contribution in [2.75, 3.05) is 0 Å². The molecular formula is C22H30O8. The van der Waals surface area contributed by atoms with Crippen LogP contribution in [0.5, 0.6) is 0 Å². The first-order valence-corrected chi connectivity index (χ1v) is 10.1. The highest BCUT2D eigenvalue weighted by molar-refractivity contribution is 5.97. The molecule has 0 aromatic carbocycles. The van der Waals surface area contributed by atoms with Crippen molar-refractivity contribution in [3.63, 3.8) is 0 Å². The third-order valence-corrected chi connectivity index (χ3v) is 5.34. The molecule has 0 aromatic heterocycles. The van der Waals surface area contributed by atoms with Gasteiger partial charge in [0, 0.05) is 18.9 Å². The fourth-order valence-corrected chi connectivity index (χ4v) is 3.79. The summed E-state index contributed by atoms with van der Waals surface area (Å²) in [6, 6.07) is 0. The van der Waals surface area contributed by atoms with Gasteiger partial charge >= 0.3 is 17.9 Å². The van der Waals surface area contributed by atoms with E-state index in [1.165, 1.54) is 13.0 Å². The van der Waals surface area contributed by atoms with Crippen LogP contribution in [0.15, 0.2) is 24.3 Å². The summed E-state index contributed by atoms with van der Waals surface area (Å²) in [7, 11) is 0. The molecule has 0 unspecified atom stereocenters. The van der Waals surface area contributed by atoms with Gasteiger partial charge in [-0.05, 0) is 31.3 Å². The quantitative estimate of drug-likeness (QED) is 0.415. The maximum atomic E-state index is 12.7. The lowest BCUT2D eigenvalue weighted by molar-refractivity contribution is -0.196. The minimum Gasteiger partial charge on any atom is -0.458 e. The molecule has 0 radical (unpaired) electrons. The number of fused-ring (bicyclic) bond motifs is 1. The summed E-state index contributed by atoms with van der Waals surface area (Å²) in [6.45, 7) is 11.6. The van der Waals surface area contributed by atoms with Crippen LogP contribution in [0.25, 0.3) is 0 Å². The van der Waals surface area contributed by atoms with Gasteiger partial charge in [-0.15, -0.1) is 0 Å². The van der Waals surface area contributed by atoms with Crippen molar-refractivity contribution < 1.29 is 38.5 Å². The summed E-state index contributed by atoms with van der Waals surface area (Å²) < 4.78 is 16.4. The number of ether oxygens (including phenoxy) is 3. The van der Waals surface area contributed by atoms with Crippen molar-refractivity contribution >= 4 is 23.7 Å². The molecule has 1 N–H and O–H groups in total. The summed E-state index contributed by atoms with van der Waals surface area (Å²) in [6.07, 6.45) is -0.403. The lowest BCUT2D eigenvalue weighted by atomic mass is 9.77. The fraction of sp³-hybridized carbons (Fsp3) is 0.636. The first kappa shape index (κ1) is 23.8. The molecule has 8 heteroatoms. The Morgan fingerprint density at radius 3 is 2.53 bits per heavy atom.